The van der Waals surface area contributed by atoms with Gasteiger partial charge in [-0.05, 0) is 55.6 Å². The van der Waals surface area contributed by atoms with E-state index in [1.165, 1.54) is 0 Å². The van der Waals surface area contributed by atoms with Gasteiger partial charge in [0.2, 0.25) is 5.79 Å². The van der Waals surface area contributed by atoms with Crippen molar-refractivity contribution < 1.29 is 23.2 Å². The lowest BCUT2D eigenvalue weighted by Gasteiger charge is -2.28. The maximum absolute atomic E-state index is 13.0. The van der Waals surface area contributed by atoms with E-state index in [4.69, 9.17) is 23.6 Å². The van der Waals surface area contributed by atoms with E-state index in [1.54, 1.807) is 12.5 Å². The van der Waals surface area contributed by atoms with E-state index < -0.39 is 25.2 Å². The molecule has 3 heterocycles. The summed E-state index contributed by atoms with van der Waals surface area (Å²) < 4.78 is 42.1. The monoisotopic (exact) mass is 618 g/mol. The Bertz CT molecular complexity index is 942. The summed E-state index contributed by atoms with van der Waals surface area (Å²) in [4.78, 5) is 8.99. The van der Waals surface area contributed by atoms with Crippen LogP contribution in [0.3, 0.4) is 0 Å². The van der Waals surface area contributed by atoms with Gasteiger partial charge in [0.25, 0.3) is 5.89 Å². The van der Waals surface area contributed by atoms with Gasteiger partial charge in [-0.25, -0.2) is 9.97 Å². The van der Waals surface area contributed by atoms with Crippen molar-refractivity contribution in [1.29, 1.82) is 0 Å². The SMILES string of the molecule is CC(C)(C)[S@@+]([O-])N[C@@H](CCCCCC1(c2ncco2)OCCO1)c1nc(Br)cn1COCC[Si](C)(C)C. The summed E-state index contributed by atoms with van der Waals surface area (Å²) in [6.07, 6.45) is 9.30. The molecule has 1 aliphatic rings. The molecular formula is C25H43BrN4O5SSi. The molecule has 1 N–H and O–H groups in total. The van der Waals surface area contributed by atoms with Crippen LogP contribution in [0.1, 0.15) is 70.6 Å². The zero-order valence-electron chi connectivity index (χ0n) is 23.0. The van der Waals surface area contributed by atoms with E-state index in [2.05, 4.69) is 45.3 Å². The quantitative estimate of drug-likeness (QED) is 0.150. The van der Waals surface area contributed by atoms with E-state index in [9.17, 15) is 4.55 Å². The maximum atomic E-state index is 13.0. The van der Waals surface area contributed by atoms with Crippen LogP contribution in [0.5, 0.6) is 0 Å². The smallest absolute Gasteiger partial charge is 0.255 e. The molecule has 1 aliphatic heterocycles. The van der Waals surface area contributed by atoms with Gasteiger partial charge in [-0.2, -0.15) is 0 Å². The van der Waals surface area contributed by atoms with Gasteiger partial charge in [-0.1, -0.05) is 32.5 Å². The summed E-state index contributed by atoms with van der Waals surface area (Å²) in [7, 11) is -1.17. The van der Waals surface area contributed by atoms with Crippen LogP contribution >= 0.6 is 15.9 Å². The normalized spacial score (nSPS) is 17.8. The lowest BCUT2D eigenvalue weighted by atomic mass is 10.0. The van der Waals surface area contributed by atoms with Gasteiger partial charge >= 0.3 is 0 Å². The number of imidazole rings is 1. The molecule has 210 valence electrons. The molecule has 0 radical (unpaired) electrons. The Balaban J connectivity index is 1.61. The molecule has 0 bridgehead atoms. The topological polar surface area (TPSA) is 107 Å². The minimum Gasteiger partial charge on any atom is -0.598 e. The van der Waals surface area contributed by atoms with Crippen LogP contribution in [0, 0.1) is 0 Å². The first kappa shape index (κ1) is 30.8. The number of halogens is 1. The second-order valence-corrected chi connectivity index (χ2v) is 20.1. The van der Waals surface area contributed by atoms with Crippen molar-refractivity contribution in [2.24, 2.45) is 0 Å². The molecule has 12 heteroatoms. The molecule has 3 rings (SSSR count). The Morgan fingerprint density at radius 1 is 1.24 bits per heavy atom. The summed E-state index contributed by atoms with van der Waals surface area (Å²) in [5, 5.41) is 0. The minimum absolute atomic E-state index is 0.174. The third kappa shape index (κ3) is 9.45. The van der Waals surface area contributed by atoms with Crippen molar-refractivity contribution in [3.8, 4) is 0 Å². The highest BCUT2D eigenvalue weighted by molar-refractivity contribution is 9.10. The van der Waals surface area contributed by atoms with Crippen molar-refractivity contribution in [3.05, 3.63) is 35.0 Å². The number of rotatable bonds is 15. The molecule has 37 heavy (non-hydrogen) atoms. The fourth-order valence-corrected chi connectivity index (χ4v) is 6.01. The molecule has 2 aromatic rings. The van der Waals surface area contributed by atoms with Crippen LogP contribution in [-0.2, 0) is 38.1 Å². The number of nitrogens with one attached hydrogen (secondary N) is 1. The fraction of sp³-hybridized carbons (Fsp3) is 0.760. The first-order valence-electron chi connectivity index (χ1n) is 13.1. The molecule has 0 aliphatic carbocycles. The average Bonchev–Trinajstić information content (AvgIpc) is 3.56. The largest absolute Gasteiger partial charge is 0.598 e. The molecule has 0 unspecified atom stereocenters. The zero-order chi connectivity index (χ0) is 27.1. The van der Waals surface area contributed by atoms with Crippen molar-refractivity contribution >= 4 is 35.4 Å². The summed E-state index contributed by atoms with van der Waals surface area (Å²) in [6, 6.07) is 0.933. The number of hydrogen-bond acceptors (Lipinski definition) is 8. The summed E-state index contributed by atoms with van der Waals surface area (Å²) >= 11 is 2.29. The highest BCUT2D eigenvalue weighted by Crippen LogP contribution is 2.36. The van der Waals surface area contributed by atoms with Gasteiger partial charge < -0.3 is 27.7 Å². The van der Waals surface area contributed by atoms with E-state index >= 15 is 0 Å². The molecule has 0 saturated carbocycles. The van der Waals surface area contributed by atoms with Crippen LogP contribution in [-0.4, -0.2) is 51.7 Å². The Kier molecular flexibility index (Phi) is 11.3. The van der Waals surface area contributed by atoms with Gasteiger partial charge in [0.05, 0.1) is 19.4 Å². The highest BCUT2D eigenvalue weighted by atomic mass is 79.9. The minimum atomic E-state index is -1.24. The lowest BCUT2D eigenvalue weighted by molar-refractivity contribution is -0.187. The van der Waals surface area contributed by atoms with E-state index in [1.807, 2.05) is 31.5 Å². The zero-order valence-corrected chi connectivity index (χ0v) is 26.5. The number of nitrogens with zero attached hydrogens (tertiary/aromatic N) is 3. The number of ether oxygens (including phenoxy) is 3. The highest BCUT2D eigenvalue weighted by Gasteiger charge is 2.42. The van der Waals surface area contributed by atoms with Crippen molar-refractivity contribution in [3.63, 3.8) is 0 Å². The molecule has 0 amide bonds. The van der Waals surface area contributed by atoms with E-state index in [0.29, 0.717) is 32.3 Å². The van der Waals surface area contributed by atoms with E-state index in [0.717, 1.165) is 48.8 Å². The van der Waals surface area contributed by atoms with Crippen molar-refractivity contribution in [1.82, 2.24) is 19.3 Å². The fourth-order valence-electron chi connectivity index (χ4n) is 3.99. The predicted molar refractivity (Wildman–Crippen MR) is 151 cm³/mol. The third-order valence-electron chi connectivity index (χ3n) is 6.13. The molecule has 2 atom stereocenters. The lowest BCUT2D eigenvalue weighted by Crippen LogP contribution is -2.42. The molecule has 1 saturated heterocycles. The summed E-state index contributed by atoms with van der Waals surface area (Å²) in [5.41, 5.74) is 0. The van der Waals surface area contributed by atoms with E-state index in [-0.39, 0.29) is 10.8 Å². The Labute approximate surface area is 233 Å². The van der Waals surface area contributed by atoms with Gasteiger partial charge in [-0.15, -0.1) is 4.72 Å². The maximum Gasteiger partial charge on any atom is 0.255 e. The van der Waals surface area contributed by atoms with Crippen molar-refractivity contribution in [2.45, 2.75) is 102 Å². The first-order valence-corrected chi connectivity index (χ1v) is 18.7. The van der Waals surface area contributed by atoms with Crippen LogP contribution in [0.2, 0.25) is 25.7 Å². The summed E-state index contributed by atoms with van der Waals surface area (Å²) in [6.45, 7) is 15.2. The number of aromatic nitrogens is 3. The molecular weight excluding hydrogens is 576 g/mol. The van der Waals surface area contributed by atoms with Gasteiger partial charge in [0.1, 0.15) is 34.2 Å². The number of unbranched alkanes of at least 4 members (excludes halogenated alkanes) is 2. The molecule has 9 nitrogen and oxygen atoms in total. The second kappa shape index (κ2) is 13.6. The van der Waals surface area contributed by atoms with Gasteiger partial charge in [0.15, 0.2) is 0 Å². The van der Waals surface area contributed by atoms with Crippen molar-refractivity contribution in [2.75, 3.05) is 19.8 Å². The molecule has 1 fully saturated rings. The molecule has 0 spiro atoms. The molecule has 0 aromatic carbocycles. The third-order valence-corrected chi connectivity index (χ3v) is 9.83. The van der Waals surface area contributed by atoms with Gasteiger partial charge in [0, 0.05) is 38.7 Å². The Morgan fingerprint density at radius 2 is 1.97 bits per heavy atom. The molecule has 2 aromatic heterocycles. The number of hydrogen-bond donors (Lipinski definition) is 1. The Hall–Kier alpha value is -0.733. The van der Waals surface area contributed by atoms with Crippen LogP contribution in [0.25, 0.3) is 0 Å². The second-order valence-electron chi connectivity index (χ2n) is 11.7. The van der Waals surface area contributed by atoms with Crippen LogP contribution in [0.4, 0.5) is 0 Å². The Morgan fingerprint density at radius 3 is 2.59 bits per heavy atom. The average molecular weight is 620 g/mol. The predicted octanol–water partition coefficient (Wildman–Crippen LogP) is 5.89. The standard InChI is InChI=1S/C25H43BrN4O5SSi/c1-24(2,3)36(31)29-20(22-28-21(26)18-30(22)19-32-16-17-37(4,5)6)10-8-7-9-11-25(34-14-15-35-25)23-27-12-13-33-23/h12-13,18,20,29H,7-11,14-17,19H2,1-6H3/t20-,36+/m0/s1. The first-order chi connectivity index (χ1) is 17.4. The summed E-state index contributed by atoms with van der Waals surface area (Å²) in [5.74, 6) is 0.422. The number of oxazole rings is 1. The van der Waals surface area contributed by atoms with Crippen LogP contribution < -0.4 is 4.72 Å². The van der Waals surface area contributed by atoms with Gasteiger partial charge in [-0.3, -0.25) is 0 Å². The van der Waals surface area contributed by atoms with Crippen LogP contribution in [0.15, 0.2) is 27.7 Å².